The zero-order valence-electron chi connectivity index (χ0n) is 14.5. The van der Waals surface area contributed by atoms with Crippen molar-refractivity contribution in [1.82, 2.24) is 15.5 Å². The largest absolute Gasteiger partial charge is 0.481 e. The summed E-state index contributed by atoms with van der Waals surface area (Å²) in [4.78, 5) is 24.6. The number of carbonyl (C=O) groups is 2. The van der Waals surface area contributed by atoms with Gasteiger partial charge in [0.1, 0.15) is 0 Å². The molecule has 0 unspecified atom stereocenters. The maximum atomic E-state index is 11.8. The van der Waals surface area contributed by atoms with Gasteiger partial charge in [-0.2, -0.15) is 0 Å². The van der Waals surface area contributed by atoms with Crippen molar-refractivity contribution < 1.29 is 14.7 Å². The van der Waals surface area contributed by atoms with Gasteiger partial charge in [-0.25, -0.2) is 4.79 Å². The second-order valence-electron chi connectivity index (χ2n) is 6.86. The number of fused-ring (bicyclic) bond motifs is 1. The summed E-state index contributed by atoms with van der Waals surface area (Å²) in [5.41, 5.74) is 2.62. The van der Waals surface area contributed by atoms with Gasteiger partial charge in [0.05, 0.1) is 0 Å². The molecule has 6 nitrogen and oxygen atoms in total. The topological polar surface area (TPSA) is 81.7 Å². The highest BCUT2D eigenvalue weighted by Gasteiger charge is 2.29. The van der Waals surface area contributed by atoms with Crippen LogP contribution >= 0.6 is 0 Å². The van der Waals surface area contributed by atoms with E-state index in [4.69, 9.17) is 5.11 Å². The molecule has 0 fully saturated rings. The lowest BCUT2D eigenvalue weighted by Gasteiger charge is -2.41. The summed E-state index contributed by atoms with van der Waals surface area (Å²) in [6.45, 7) is 7.05. The fraction of sp³-hybridized carbons (Fsp3) is 0.556. The van der Waals surface area contributed by atoms with Gasteiger partial charge in [-0.05, 0) is 37.8 Å². The molecule has 1 aromatic carbocycles. The van der Waals surface area contributed by atoms with E-state index in [1.165, 1.54) is 11.1 Å². The molecular formula is C18H27N3O3. The Morgan fingerprint density at radius 2 is 1.92 bits per heavy atom. The van der Waals surface area contributed by atoms with Crippen LogP contribution in [0.3, 0.4) is 0 Å². The third-order valence-electron chi connectivity index (χ3n) is 4.52. The number of amides is 2. The molecule has 0 saturated carbocycles. The molecule has 0 saturated heterocycles. The van der Waals surface area contributed by atoms with Crippen molar-refractivity contribution in [1.29, 1.82) is 0 Å². The van der Waals surface area contributed by atoms with E-state index in [9.17, 15) is 9.59 Å². The second kappa shape index (κ2) is 8.15. The fourth-order valence-corrected chi connectivity index (χ4v) is 2.92. The molecule has 24 heavy (non-hydrogen) atoms. The maximum Gasteiger partial charge on any atom is 0.314 e. The van der Waals surface area contributed by atoms with Crippen LogP contribution in [-0.2, 0) is 17.8 Å². The SMILES string of the molecule is CC(C)(CNC(=O)NCCCC(=O)O)N1CCc2ccccc2C1. The van der Waals surface area contributed by atoms with E-state index in [0.29, 0.717) is 19.5 Å². The van der Waals surface area contributed by atoms with E-state index in [-0.39, 0.29) is 18.0 Å². The predicted molar refractivity (Wildman–Crippen MR) is 92.9 cm³/mol. The van der Waals surface area contributed by atoms with E-state index < -0.39 is 5.97 Å². The molecule has 0 aromatic heterocycles. The number of carboxylic acid groups (broad SMARTS) is 1. The summed E-state index contributed by atoms with van der Waals surface area (Å²) in [5, 5.41) is 14.2. The molecule has 0 bridgehead atoms. The molecule has 0 aliphatic carbocycles. The van der Waals surface area contributed by atoms with Gasteiger partial charge in [0.15, 0.2) is 0 Å². The van der Waals surface area contributed by atoms with Gasteiger partial charge in [-0.1, -0.05) is 24.3 Å². The summed E-state index contributed by atoms with van der Waals surface area (Å²) >= 11 is 0. The Morgan fingerprint density at radius 3 is 2.62 bits per heavy atom. The number of hydrogen-bond donors (Lipinski definition) is 3. The maximum absolute atomic E-state index is 11.8. The number of benzene rings is 1. The number of nitrogens with zero attached hydrogens (tertiary/aromatic N) is 1. The van der Waals surface area contributed by atoms with E-state index in [1.54, 1.807) is 0 Å². The molecule has 1 heterocycles. The average Bonchev–Trinajstić information content (AvgIpc) is 2.56. The summed E-state index contributed by atoms with van der Waals surface area (Å²) in [7, 11) is 0. The van der Waals surface area contributed by atoms with Crippen molar-refractivity contribution in [2.75, 3.05) is 19.6 Å². The molecule has 6 heteroatoms. The van der Waals surface area contributed by atoms with Crippen LogP contribution in [0.25, 0.3) is 0 Å². The van der Waals surface area contributed by atoms with Gasteiger partial charge in [0.2, 0.25) is 0 Å². The molecule has 1 aliphatic rings. The molecule has 3 N–H and O–H groups in total. The molecular weight excluding hydrogens is 306 g/mol. The predicted octanol–water partition coefficient (Wildman–Crippen LogP) is 1.99. The zero-order chi connectivity index (χ0) is 17.6. The first kappa shape index (κ1) is 18.3. The first-order valence-corrected chi connectivity index (χ1v) is 8.44. The Kier molecular flexibility index (Phi) is 6.20. The van der Waals surface area contributed by atoms with Gasteiger partial charge in [0, 0.05) is 38.1 Å². The average molecular weight is 333 g/mol. The van der Waals surface area contributed by atoms with Gasteiger partial charge < -0.3 is 15.7 Å². The summed E-state index contributed by atoms with van der Waals surface area (Å²) in [6.07, 6.45) is 1.54. The number of carbonyl (C=O) groups excluding carboxylic acids is 1. The summed E-state index contributed by atoms with van der Waals surface area (Å²) < 4.78 is 0. The van der Waals surface area contributed by atoms with Crippen molar-refractivity contribution in [3.05, 3.63) is 35.4 Å². The first-order valence-electron chi connectivity index (χ1n) is 8.44. The molecule has 132 valence electrons. The Bertz CT molecular complexity index is 587. The lowest BCUT2D eigenvalue weighted by atomic mass is 9.94. The van der Waals surface area contributed by atoms with Crippen molar-refractivity contribution >= 4 is 12.0 Å². The lowest BCUT2D eigenvalue weighted by Crippen LogP contribution is -2.54. The standard InChI is InChI=1S/C18H27N3O3/c1-18(2,13-20-17(24)19-10-5-8-16(22)23)21-11-9-14-6-3-4-7-15(14)12-21/h3-4,6-7H,5,8-13H2,1-2H3,(H,22,23)(H2,19,20,24). The lowest BCUT2D eigenvalue weighted by molar-refractivity contribution is -0.137. The highest BCUT2D eigenvalue weighted by atomic mass is 16.4. The monoisotopic (exact) mass is 333 g/mol. The van der Waals surface area contributed by atoms with Gasteiger partial charge in [-0.15, -0.1) is 0 Å². The number of aliphatic carboxylic acids is 1. The van der Waals surface area contributed by atoms with Crippen molar-refractivity contribution in [2.45, 2.75) is 45.2 Å². The minimum atomic E-state index is -0.844. The van der Waals surface area contributed by atoms with Crippen LogP contribution in [0.4, 0.5) is 4.79 Å². The van der Waals surface area contributed by atoms with Crippen LogP contribution < -0.4 is 10.6 Å². The molecule has 2 amide bonds. The van der Waals surface area contributed by atoms with Gasteiger partial charge >= 0.3 is 12.0 Å². The molecule has 0 atom stereocenters. The quantitative estimate of drug-likeness (QED) is 0.667. The fourth-order valence-electron chi connectivity index (χ4n) is 2.92. The van der Waals surface area contributed by atoms with E-state index in [2.05, 4.69) is 53.6 Å². The second-order valence-corrected chi connectivity index (χ2v) is 6.86. The van der Waals surface area contributed by atoms with Crippen LogP contribution in [-0.4, -0.2) is 47.2 Å². The highest BCUT2D eigenvalue weighted by Crippen LogP contribution is 2.24. The first-order chi connectivity index (χ1) is 11.4. The van der Waals surface area contributed by atoms with Crippen LogP contribution in [0.2, 0.25) is 0 Å². The third-order valence-corrected chi connectivity index (χ3v) is 4.52. The number of nitrogens with one attached hydrogen (secondary N) is 2. The Morgan fingerprint density at radius 1 is 1.21 bits per heavy atom. The Hall–Kier alpha value is -2.08. The molecule has 0 radical (unpaired) electrons. The summed E-state index contributed by atoms with van der Waals surface area (Å²) in [6, 6.07) is 8.25. The Labute approximate surface area is 143 Å². The Balaban J connectivity index is 1.77. The third kappa shape index (κ3) is 5.23. The molecule has 1 aliphatic heterocycles. The van der Waals surface area contributed by atoms with Gasteiger partial charge in [0.25, 0.3) is 0 Å². The number of urea groups is 1. The number of hydrogen-bond acceptors (Lipinski definition) is 3. The van der Waals surface area contributed by atoms with E-state index in [1.807, 2.05) is 0 Å². The van der Waals surface area contributed by atoms with Gasteiger partial charge in [-0.3, -0.25) is 9.69 Å². The van der Waals surface area contributed by atoms with E-state index >= 15 is 0 Å². The highest BCUT2D eigenvalue weighted by molar-refractivity contribution is 5.74. The minimum Gasteiger partial charge on any atom is -0.481 e. The van der Waals surface area contributed by atoms with Crippen LogP contribution in [0.15, 0.2) is 24.3 Å². The van der Waals surface area contributed by atoms with Crippen molar-refractivity contribution in [2.24, 2.45) is 0 Å². The normalized spacial score (nSPS) is 14.8. The summed E-state index contributed by atoms with van der Waals surface area (Å²) in [5.74, 6) is -0.844. The van der Waals surface area contributed by atoms with Crippen molar-refractivity contribution in [3.8, 4) is 0 Å². The molecule has 1 aromatic rings. The smallest absolute Gasteiger partial charge is 0.314 e. The van der Waals surface area contributed by atoms with Crippen molar-refractivity contribution in [3.63, 3.8) is 0 Å². The molecule has 2 rings (SSSR count). The number of rotatable bonds is 7. The molecule has 0 spiro atoms. The number of carboxylic acids is 1. The van der Waals surface area contributed by atoms with E-state index in [0.717, 1.165) is 19.5 Å². The van der Waals surface area contributed by atoms with Crippen LogP contribution in [0.5, 0.6) is 0 Å². The van der Waals surface area contributed by atoms with Crippen LogP contribution in [0, 0.1) is 0 Å². The zero-order valence-corrected chi connectivity index (χ0v) is 14.5. The minimum absolute atomic E-state index is 0.0684. The van der Waals surface area contributed by atoms with Crippen LogP contribution in [0.1, 0.15) is 37.8 Å².